The van der Waals surface area contributed by atoms with Gasteiger partial charge in [-0.1, -0.05) is 34.1 Å². The first-order valence-electron chi connectivity index (χ1n) is 12.4. The molecule has 37 heavy (non-hydrogen) atoms. The van der Waals surface area contributed by atoms with E-state index in [2.05, 4.69) is 33.9 Å². The van der Waals surface area contributed by atoms with Crippen LogP contribution in [0.4, 0.5) is 0 Å². The van der Waals surface area contributed by atoms with Crippen molar-refractivity contribution in [2.45, 2.75) is 83.6 Å². The number of nitrogens with two attached hydrogens (primary N) is 2. The van der Waals surface area contributed by atoms with Crippen molar-refractivity contribution in [1.82, 2.24) is 21.3 Å². The monoisotopic (exact) mass is 548 g/mol. The normalized spacial score (nSPS) is 15.3. The zero-order valence-electron chi connectivity index (χ0n) is 22.0. The average molecular weight is 549 g/mol. The summed E-state index contributed by atoms with van der Waals surface area (Å²) in [6.07, 6.45) is 1.97. The highest BCUT2D eigenvalue weighted by Gasteiger charge is 2.33. The molecule has 13 nitrogen and oxygen atoms in total. The van der Waals surface area contributed by atoms with Crippen molar-refractivity contribution in [3.05, 3.63) is 0 Å². The molecule has 0 aromatic rings. The molecule has 0 rings (SSSR count). The van der Waals surface area contributed by atoms with Crippen LogP contribution < -0.4 is 32.7 Å². The van der Waals surface area contributed by atoms with E-state index in [1.54, 1.807) is 13.8 Å². The van der Waals surface area contributed by atoms with E-state index in [0.29, 0.717) is 19.4 Å². The first-order valence-corrected chi connectivity index (χ1v) is 13.0. The molecule has 0 aliphatic carbocycles. The van der Waals surface area contributed by atoms with Gasteiger partial charge in [-0.05, 0) is 37.6 Å². The molecule has 0 saturated heterocycles. The van der Waals surface area contributed by atoms with Gasteiger partial charge in [0.15, 0.2) is 0 Å². The van der Waals surface area contributed by atoms with Crippen molar-refractivity contribution < 1.29 is 34.2 Å². The molecule has 0 unspecified atom stereocenters. The zero-order valence-corrected chi connectivity index (χ0v) is 22.9. The molecule has 0 aromatic carbocycles. The van der Waals surface area contributed by atoms with Crippen LogP contribution in [0.5, 0.6) is 0 Å². The number of aliphatic carboxylic acids is 1. The van der Waals surface area contributed by atoms with E-state index < -0.39 is 72.3 Å². The molecule has 0 bridgehead atoms. The summed E-state index contributed by atoms with van der Waals surface area (Å²) in [6.45, 7) is 6.68. The Labute approximate surface area is 223 Å². The topological polar surface area (TPSA) is 226 Å². The highest BCUT2D eigenvalue weighted by atomic mass is 32.1. The van der Waals surface area contributed by atoms with Gasteiger partial charge in [-0.2, -0.15) is 12.6 Å². The number of hydrogen-bond donors (Lipinski definition) is 9. The molecular formula is C23H44N6O7S. The third-order valence-electron chi connectivity index (χ3n) is 5.51. The molecule has 14 heteroatoms. The minimum atomic E-state index is -1.53. The number of thiol groups is 1. The lowest BCUT2D eigenvalue weighted by Crippen LogP contribution is -2.60. The van der Waals surface area contributed by atoms with E-state index in [1.807, 2.05) is 13.8 Å². The second-order valence-corrected chi connectivity index (χ2v) is 10.0. The Morgan fingerprint density at radius 2 is 1.35 bits per heavy atom. The molecular weight excluding hydrogens is 504 g/mol. The third-order valence-corrected chi connectivity index (χ3v) is 5.87. The van der Waals surface area contributed by atoms with E-state index in [4.69, 9.17) is 16.6 Å². The van der Waals surface area contributed by atoms with Gasteiger partial charge in [-0.15, -0.1) is 0 Å². The van der Waals surface area contributed by atoms with Gasteiger partial charge in [-0.25, -0.2) is 4.79 Å². The molecule has 0 radical (unpaired) electrons. The van der Waals surface area contributed by atoms with Crippen LogP contribution in [-0.2, 0) is 24.0 Å². The third kappa shape index (κ3) is 13.1. The van der Waals surface area contributed by atoms with Gasteiger partial charge in [0.05, 0.1) is 12.6 Å². The molecule has 0 spiro atoms. The molecule has 5 atom stereocenters. The number of hydrogen-bond acceptors (Lipinski definition) is 9. The van der Waals surface area contributed by atoms with Crippen LogP contribution in [0.25, 0.3) is 0 Å². The predicted octanol–water partition coefficient (Wildman–Crippen LogP) is -1.91. The fourth-order valence-corrected chi connectivity index (χ4v) is 3.58. The molecule has 10 N–H and O–H groups in total. The first-order chi connectivity index (χ1) is 17.3. The number of unbranched alkanes of at least 4 members (excludes halogenated alkanes) is 1. The molecule has 0 aromatic heterocycles. The maximum atomic E-state index is 13.1. The summed E-state index contributed by atoms with van der Waals surface area (Å²) < 4.78 is 0. The Morgan fingerprint density at radius 1 is 0.811 bits per heavy atom. The molecule has 214 valence electrons. The maximum absolute atomic E-state index is 13.1. The average Bonchev–Trinajstić information content (AvgIpc) is 2.82. The van der Waals surface area contributed by atoms with Crippen LogP contribution in [-0.4, -0.2) is 88.9 Å². The summed E-state index contributed by atoms with van der Waals surface area (Å²) in [6, 6.07) is -5.58. The second-order valence-electron chi connectivity index (χ2n) is 9.64. The van der Waals surface area contributed by atoms with Crippen LogP contribution in [0, 0.1) is 11.8 Å². The van der Waals surface area contributed by atoms with Gasteiger partial charge >= 0.3 is 5.97 Å². The molecule has 0 aliphatic heterocycles. The summed E-state index contributed by atoms with van der Waals surface area (Å²) in [5.74, 6) is -4.52. The van der Waals surface area contributed by atoms with Crippen LogP contribution in [0.2, 0.25) is 0 Å². The summed E-state index contributed by atoms with van der Waals surface area (Å²) in [5.41, 5.74) is 11.3. The molecule has 4 amide bonds. The van der Waals surface area contributed by atoms with Gasteiger partial charge in [0.2, 0.25) is 23.6 Å². The lowest BCUT2D eigenvalue weighted by atomic mass is 9.99. The minimum Gasteiger partial charge on any atom is -0.480 e. The van der Waals surface area contributed by atoms with Gasteiger partial charge in [0.1, 0.15) is 24.2 Å². The molecule has 0 saturated carbocycles. The molecule has 0 fully saturated rings. The highest BCUT2D eigenvalue weighted by Crippen LogP contribution is 2.09. The van der Waals surface area contributed by atoms with E-state index in [9.17, 15) is 29.1 Å². The maximum Gasteiger partial charge on any atom is 0.328 e. The largest absolute Gasteiger partial charge is 0.480 e. The first kappa shape index (κ1) is 34.6. The number of carbonyl (C=O) groups excluding carboxylic acids is 4. The SMILES string of the molecule is CC(C)C[C@H](NC(=O)[C@@H](NC(=O)[C@H](CS)NC(=O)[C@@H](N)CCCCN)C(C)C)C(=O)N[C@@H](CO)C(=O)O. The molecule has 0 aliphatic rings. The fourth-order valence-electron chi connectivity index (χ4n) is 3.32. The van der Waals surface area contributed by atoms with Crippen molar-refractivity contribution in [3.8, 4) is 0 Å². The number of carboxylic acids is 1. The Kier molecular flexibility index (Phi) is 16.8. The van der Waals surface area contributed by atoms with E-state index in [1.165, 1.54) is 0 Å². The number of amides is 4. The van der Waals surface area contributed by atoms with Crippen LogP contribution in [0.15, 0.2) is 0 Å². The van der Waals surface area contributed by atoms with Crippen molar-refractivity contribution in [1.29, 1.82) is 0 Å². The second kappa shape index (κ2) is 17.9. The minimum absolute atomic E-state index is 0.0432. The van der Waals surface area contributed by atoms with E-state index in [-0.39, 0.29) is 18.1 Å². The Balaban J connectivity index is 5.41. The van der Waals surface area contributed by atoms with Crippen LogP contribution >= 0.6 is 12.6 Å². The summed E-state index contributed by atoms with van der Waals surface area (Å²) in [5, 5.41) is 28.2. The number of carbonyl (C=O) groups is 5. The quantitative estimate of drug-likeness (QED) is 0.0687. The Hall–Kier alpha value is -2.42. The number of rotatable bonds is 18. The highest BCUT2D eigenvalue weighted by molar-refractivity contribution is 7.80. The van der Waals surface area contributed by atoms with Crippen LogP contribution in [0.1, 0.15) is 53.4 Å². The van der Waals surface area contributed by atoms with Crippen molar-refractivity contribution in [2.24, 2.45) is 23.3 Å². The fraction of sp³-hybridized carbons (Fsp3) is 0.783. The van der Waals surface area contributed by atoms with E-state index in [0.717, 1.165) is 6.42 Å². The van der Waals surface area contributed by atoms with Crippen LogP contribution in [0.3, 0.4) is 0 Å². The Bertz CT molecular complexity index is 768. The number of aliphatic hydroxyl groups is 1. The van der Waals surface area contributed by atoms with Gasteiger partial charge < -0.3 is 42.9 Å². The van der Waals surface area contributed by atoms with Crippen molar-refractivity contribution >= 4 is 42.2 Å². The predicted molar refractivity (Wildman–Crippen MR) is 141 cm³/mol. The standard InChI is InChI=1S/C23H44N6O7S/c1-12(2)9-15(20(32)27-16(10-30)23(35)36)26-22(34)18(13(3)4)29-21(33)17(11-37)28-19(31)14(25)7-5-6-8-24/h12-18,30,37H,5-11,24-25H2,1-4H3,(H,26,34)(H,27,32)(H,28,31)(H,29,33)(H,35,36)/t14-,15-,16-,17-,18-/m0/s1. The summed E-state index contributed by atoms with van der Waals surface area (Å²) >= 11 is 4.13. The lowest BCUT2D eigenvalue weighted by molar-refractivity contribution is -0.143. The number of aliphatic hydroxyl groups excluding tert-OH is 1. The number of nitrogens with one attached hydrogen (secondary N) is 4. The molecule has 0 heterocycles. The number of carboxylic acid groups (broad SMARTS) is 1. The van der Waals surface area contributed by atoms with Gasteiger partial charge in [0, 0.05) is 5.75 Å². The summed E-state index contributed by atoms with van der Waals surface area (Å²) in [4.78, 5) is 62.2. The Morgan fingerprint density at radius 3 is 1.81 bits per heavy atom. The van der Waals surface area contributed by atoms with Crippen molar-refractivity contribution in [2.75, 3.05) is 18.9 Å². The van der Waals surface area contributed by atoms with E-state index >= 15 is 0 Å². The smallest absolute Gasteiger partial charge is 0.328 e. The van der Waals surface area contributed by atoms with Crippen molar-refractivity contribution in [3.63, 3.8) is 0 Å². The zero-order chi connectivity index (χ0) is 28.7. The van der Waals surface area contributed by atoms with Gasteiger partial charge in [0.25, 0.3) is 0 Å². The van der Waals surface area contributed by atoms with Gasteiger partial charge in [-0.3, -0.25) is 19.2 Å². The lowest BCUT2D eigenvalue weighted by Gasteiger charge is -2.28. The summed E-state index contributed by atoms with van der Waals surface area (Å²) in [7, 11) is 0.